The van der Waals surface area contributed by atoms with E-state index < -0.39 is 0 Å². The van der Waals surface area contributed by atoms with E-state index in [0.717, 1.165) is 5.57 Å². The Morgan fingerprint density at radius 2 is 1.62 bits per heavy atom. The summed E-state index contributed by atoms with van der Waals surface area (Å²) in [4.78, 5) is 0. The topological polar surface area (TPSA) is 0 Å². The minimum absolute atomic E-state index is 0.685. The first kappa shape index (κ1) is 6.96. The van der Waals surface area contributed by atoms with Gasteiger partial charge in [-0.25, -0.2) is 0 Å². The second-order valence-corrected chi connectivity index (χ2v) is 1.69. The molecule has 0 aliphatic carbocycles. The summed E-state index contributed by atoms with van der Waals surface area (Å²) in [5.41, 5.74) is 2.11. The smallest absolute Gasteiger partial charge is 0.0193 e. The summed E-state index contributed by atoms with van der Waals surface area (Å²) in [5.74, 6) is 0. The molecule has 0 nitrogen and oxygen atoms in total. The summed E-state index contributed by atoms with van der Waals surface area (Å²) in [7, 11) is 0. The van der Waals surface area contributed by atoms with Gasteiger partial charge in [0.05, 0.1) is 0 Å². The fraction of sp³-hybridized carbons (Fsp3) is 0. The Labute approximate surface area is 51.2 Å². The second kappa shape index (κ2) is 2.31. The van der Waals surface area contributed by atoms with E-state index in [0.29, 0.717) is 11.1 Å². The third-order valence-corrected chi connectivity index (χ3v) is 0.854. The molecular formula is C8H10. The highest BCUT2D eigenvalue weighted by atomic mass is 14.0. The fourth-order valence-electron chi connectivity index (χ4n) is 0.250. The average molecular weight is 106 g/mol. The normalized spacial score (nSPS) is 8.00. The van der Waals surface area contributed by atoms with Crippen LogP contribution >= 0.6 is 0 Å². The van der Waals surface area contributed by atoms with Crippen LogP contribution in [0.4, 0.5) is 0 Å². The molecule has 0 radical (unpaired) electrons. The zero-order valence-electron chi connectivity index (χ0n) is 5.04. The standard InChI is InChI=1S/C8H10/c1-6(2)8(5)7(3)4/h1-5H2. The zero-order valence-corrected chi connectivity index (χ0v) is 5.04. The second-order valence-electron chi connectivity index (χ2n) is 1.69. The van der Waals surface area contributed by atoms with Gasteiger partial charge < -0.3 is 0 Å². The van der Waals surface area contributed by atoms with E-state index in [1.807, 2.05) is 0 Å². The predicted molar refractivity (Wildman–Crippen MR) is 38.1 cm³/mol. The molecule has 0 amide bonds. The van der Waals surface area contributed by atoms with Crippen LogP contribution in [0.1, 0.15) is 0 Å². The van der Waals surface area contributed by atoms with Crippen molar-refractivity contribution in [2.24, 2.45) is 0 Å². The molecule has 0 aliphatic rings. The van der Waals surface area contributed by atoms with E-state index in [1.54, 1.807) is 0 Å². The molecule has 0 spiro atoms. The molecule has 0 N–H and O–H groups in total. The molecule has 0 saturated heterocycles. The van der Waals surface area contributed by atoms with Gasteiger partial charge in [-0.1, -0.05) is 0 Å². The highest BCUT2D eigenvalue weighted by molar-refractivity contribution is 5.44. The highest BCUT2D eigenvalue weighted by Gasteiger charge is 1.86. The number of allylic oxidation sites excluding steroid dienone is 3. The molecule has 8 heavy (non-hydrogen) atoms. The summed E-state index contributed by atoms with van der Waals surface area (Å²) in [6, 6.07) is 0. The van der Waals surface area contributed by atoms with Crippen LogP contribution in [0.3, 0.4) is 0 Å². The van der Waals surface area contributed by atoms with Gasteiger partial charge in [0.25, 0.3) is 0 Å². The first-order valence-electron chi connectivity index (χ1n) is 2.27. The van der Waals surface area contributed by atoms with Crippen molar-refractivity contribution in [1.82, 2.24) is 0 Å². The highest BCUT2D eigenvalue weighted by Crippen LogP contribution is 2.10. The fourth-order valence-corrected chi connectivity index (χ4v) is 0.250. The van der Waals surface area contributed by atoms with E-state index in [4.69, 9.17) is 0 Å². The number of hydrogen-bond acceptors (Lipinski definition) is 0. The number of rotatable bonds is 2. The lowest BCUT2D eigenvalue weighted by molar-refractivity contribution is 1.53. The summed E-state index contributed by atoms with van der Waals surface area (Å²) in [6.45, 7) is 17.9. The monoisotopic (exact) mass is 106 g/mol. The van der Waals surface area contributed by atoms with Crippen LogP contribution in [0.2, 0.25) is 0 Å². The minimum Gasteiger partial charge on any atom is -0.199 e. The van der Waals surface area contributed by atoms with E-state index in [9.17, 15) is 0 Å². The Morgan fingerprint density at radius 3 is 1.62 bits per heavy atom. The first-order chi connectivity index (χ1) is 3.55. The van der Waals surface area contributed by atoms with E-state index in [-0.39, 0.29) is 0 Å². The van der Waals surface area contributed by atoms with Crippen molar-refractivity contribution in [3.05, 3.63) is 50.3 Å². The van der Waals surface area contributed by atoms with Crippen LogP contribution in [0.15, 0.2) is 36.5 Å². The third-order valence-electron chi connectivity index (χ3n) is 0.854. The van der Waals surface area contributed by atoms with E-state index in [1.165, 1.54) is 0 Å². The lowest BCUT2D eigenvalue weighted by Crippen LogP contribution is -1.80. The Bertz CT molecular complexity index is 122. The van der Waals surface area contributed by atoms with Gasteiger partial charge in [0.2, 0.25) is 0 Å². The van der Waals surface area contributed by atoms with Gasteiger partial charge in [-0.3, -0.25) is 0 Å². The van der Waals surface area contributed by atoms with Crippen LogP contribution in [0.25, 0.3) is 0 Å². The van der Waals surface area contributed by atoms with Crippen molar-refractivity contribution in [1.29, 1.82) is 0 Å². The summed E-state index contributed by atoms with van der Waals surface area (Å²) >= 11 is 0. The third kappa shape index (κ3) is 1.61. The SMILES string of the molecule is C=C([CH2+])C(=C)C(=C)[CH2-]. The van der Waals surface area contributed by atoms with Gasteiger partial charge in [0.1, 0.15) is 0 Å². The Hall–Kier alpha value is -1.04. The van der Waals surface area contributed by atoms with Gasteiger partial charge in [-0.15, -0.1) is 12.2 Å². The molecule has 42 valence electrons. The van der Waals surface area contributed by atoms with Crippen molar-refractivity contribution >= 4 is 0 Å². The molecule has 0 aliphatic heterocycles. The summed E-state index contributed by atoms with van der Waals surface area (Å²) in [5, 5.41) is 0. The van der Waals surface area contributed by atoms with Gasteiger partial charge in [-0.2, -0.15) is 19.1 Å². The summed E-state index contributed by atoms with van der Waals surface area (Å²) in [6.07, 6.45) is 0. The van der Waals surface area contributed by atoms with Gasteiger partial charge in [0.15, 0.2) is 0 Å². The van der Waals surface area contributed by atoms with Crippen molar-refractivity contribution in [2.75, 3.05) is 0 Å². The number of hydrogen-bond donors (Lipinski definition) is 0. The van der Waals surface area contributed by atoms with Crippen LogP contribution in [-0.2, 0) is 0 Å². The van der Waals surface area contributed by atoms with Crippen LogP contribution in [0.5, 0.6) is 0 Å². The molecule has 0 bridgehead atoms. The minimum atomic E-state index is 0.685. The molecule has 0 aromatic rings. The van der Waals surface area contributed by atoms with Crippen LogP contribution < -0.4 is 0 Å². The average Bonchev–Trinajstić information content (AvgIpc) is 1.64. The molecule has 0 rings (SSSR count). The van der Waals surface area contributed by atoms with Crippen molar-refractivity contribution in [2.45, 2.75) is 0 Å². The molecule has 0 atom stereocenters. The van der Waals surface area contributed by atoms with E-state index in [2.05, 4.69) is 33.6 Å². The maximum absolute atomic E-state index is 3.63. The molecule has 0 fully saturated rings. The van der Waals surface area contributed by atoms with Crippen LogP contribution in [-0.4, -0.2) is 0 Å². The quantitative estimate of drug-likeness (QED) is 0.374. The van der Waals surface area contributed by atoms with Crippen molar-refractivity contribution in [3.63, 3.8) is 0 Å². The summed E-state index contributed by atoms with van der Waals surface area (Å²) < 4.78 is 0. The Morgan fingerprint density at radius 1 is 1.25 bits per heavy atom. The van der Waals surface area contributed by atoms with Gasteiger partial charge in [-0.05, 0) is 13.5 Å². The Kier molecular flexibility index (Phi) is 2.01. The molecule has 0 saturated carbocycles. The van der Waals surface area contributed by atoms with E-state index >= 15 is 0 Å². The van der Waals surface area contributed by atoms with Gasteiger partial charge >= 0.3 is 0 Å². The predicted octanol–water partition coefficient (Wildman–Crippen LogP) is 2.32. The Balaban J connectivity index is 4.05. The van der Waals surface area contributed by atoms with Gasteiger partial charge in [0, 0.05) is 5.57 Å². The molecular weight excluding hydrogens is 96.1 g/mol. The lowest BCUT2D eigenvalue weighted by Gasteiger charge is -2.06. The van der Waals surface area contributed by atoms with Crippen molar-refractivity contribution in [3.8, 4) is 0 Å². The molecule has 0 aromatic carbocycles. The maximum atomic E-state index is 3.63. The molecule has 0 unspecified atom stereocenters. The van der Waals surface area contributed by atoms with Crippen molar-refractivity contribution < 1.29 is 0 Å². The molecule has 0 heteroatoms. The largest absolute Gasteiger partial charge is 0.199 e. The zero-order chi connectivity index (χ0) is 6.73. The molecule has 0 heterocycles. The maximum Gasteiger partial charge on any atom is 0.0193 e. The lowest BCUT2D eigenvalue weighted by atomic mass is 10.1. The first-order valence-corrected chi connectivity index (χ1v) is 2.27. The van der Waals surface area contributed by atoms with Crippen LogP contribution in [0, 0.1) is 13.8 Å². The molecule has 0 aromatic heterocycles.